The molecular formula is C16H17N3OS. The fraction of sp³-hybridized carbons (Fsp3) is 0.250. The fourth-order valence-electron chi connectivity index (χ4n) is 2.01. The van der Waals surface area contributed by atoms with Gasteiger partial charge in [0, 0.05) is 6.54 Å². The second kappa shape index (κ2) is 6.54. The molecule has 2 heterocycles. The molecule has 0 saturated heterocycles. The van der Waals surface area contributed by atoms with Crippen LogP contribution >= 0.6 is 11.3 Å². The number of para-hydroxylation sites is 1. The van der Waals surface area contributed by atoms with Crippen molar-refractivity contribution >= 4 is 27.4 Å². The van der Waals surface area contributed by atoms with E-state index in [1.165, 1.54) is 0 Å². The van der Waals surface area contributed by atoms with Gasteiger partial charge in [0.25, 0.3) is 0 Å². The molecule has 0 fully saturated rings. The molecule has 1 N–H and O–H groups in total. The Morgan fingerprint density at radius 3 is 2.81 bits per heavy atom. The molecule has 0 aliphatic heterocycles. The molecule has 21 heavy (non-hydrogen) atoms. The molecule has 5 heteroatoms. The summed E-state index contributed by atoms with van der Waals surface area (Å²) in [6.45, 7) is 3.41. The molecule has 4 nitrogen and oxygen atoms in total. The Bertz CT molecular complexity index is 712. The van der Waals surface area contributed by atoms with Gasteiger partial charge in [-0.25, -0.2) is 9.97 Å². The van der Waals surface area contributed by atoms with Gasteiger partial charge in [-0.15, -0.1) is 11.3 Å². The fourth-order valence-corrected chi connectivity index (χ4v) is 2.79. The summed E-state index contributed by atoms with van der Waals surface area (Å²) in [5.41, 5.74) is 0. The van der Waals surface area contributed by atoms with E-state index in [-0.39, 0.29) is 0 Å². The lowest BCUT2D eigenvalue weighted by molar-refractivity contribution is 0.296. The molecule has 0 amide bonds. The highest BCUT2D eigenvalue weighted by molar-refractivity contribution is 7.16. The van der Waals surface area contributed by atoms with E-state index in [0.29, 0.717) is 12.4 Å². The zero-order chi connectivity index (χ0) is 14.5. The third-order valence-electron chi connectivity index (χ3n) is 3.02. The van der Waals surface area contributed by atoms with Crippen LogP contribution < -0.4 is 10.1 Å². The summed E-state index contributed by atoms with van der Waals surface area (Å²) in [6, 6.07) is 11.8. The number of benzene rings is 1. The third-order valence-corrected chi connectivity index (χ3v) is 3.83. The van der Waals surface area contributed by atoms with E-state index in [2.05, 4.69) is 28.3 Å². The van der Waals surface area contributed by atoms with E-state index in [1.807, 2.05) is 35.7 Å². The Balaban J connectivity index is 1.81. The lowest BCUT2D eigenvalue weighted by Gasteiger charge is -2.09. The number of anilines is 1. The van der Waals surface area contributed by atoms with Crippen molar-refractivity contribution in [1.29, 1.82) is 0 Å². The lowest BCUT2D eigenvalue weighted by atomic mass is 10.3. The summed E-state index contributed by atoms with van der Waals surface area (Å²) in [4.78, 5) is 10.1. The normalized spacial score (nSPS) is 10.7. The highest BCUT2D eigenvalue weighted by atomic mass is 32.1. The van der Waals surface area contributed by atoms with Crippen molar-refractivity contribution in [3.05, 3.63) is 47.6 Å². The number of thiophene rings is 1. The quantitative estimate of drug-likeness (QED) is 0.744. The van der Waals surface area contributed by atoms with Crippen molar-refractivity contribution < 1.29 is 4.74 Å². The first kappa shape index (κ1) is 13.8. The second-order valence-corrected chi connectivity index (χ2v) is 5.55. The van der Waals surface area contributed by atoms with Crippen LogP contribution in [0.15, 0.2) is 41.8 Å². The summed E-state index contributed by atoms with van der Waals surface area (Å²) >= 11 is 1.62. The van der Waals surface area contributed by atoms with Gasteiger partial charge in [0.05, 0.1) is 5.39 Å². The maximum atomic E-state index is 5.73. The predicted molar refractivity (Wildman–Crippen MR) is 87.0 cm³/mol. The van der Waals surface area contributed by atoms with Gasteiger partial charge in [0.2, 0.25) is 0 Å². The van der Waals surface area contributed by atoms with Gasteiger partial charge in [-0.05, 0) is 30.0 Å². The van der Waals surface area contributed by atoms with Crippen LogP contribution in [-0.4, -0.2) is 16.5 Å². The number of nitrogens with one attached hydrogen (secondary N) is 1. The number of hydrogen-bond acceptors (Lipinski definition) is 5. The monoisotopic (exact) mass is 299 g/mol. The van der Waals surface area contributed by atoms with Gasteiger partial charge in [0.1, 0.15) is 23.0 Å². The summed E-state index contributed by atoms with van der Waals surface area (Å²) in [5, 5.41) is 6.48. The van der Waals surface area contributed by atoms with Gasteiger partial charge < -0.3 is 10.1 Å². The van der Waals surface area contributed by atoms with Crippen LogP contribution in [0.1, 0.15) is 19.2 Å². The topological polar surface area (TPSA) is 47.0 Å². The maximum absolute atomic E-state index is 5.73. The second-order valence-electron chi connectivity index (χ2n) is 4.66. The average Bonchev–Trinajstić information content (AvgIpc) is 3.00. The van der Waals surface area contributed by atoms with E-state index >= 15 is 0 Å². The molecule has 3 rings (SSSR count). The molecule has 108 valence electrons. The number of fused-ring (bicyclic) bond motifs is 1. The number of aromatic nitrogens is 2. The van der Waals surface area contributed by atoms with Crippen LogP contribution in [0.2, 0.25) is 0 Å². The van der Waals surface area contributed by atoms with Crippen LogP contribution in [0.5, 0.6) is 5.75 Å². The highest BCUT2D eigenvalue weighted by Gasteiger charge is 2.09. The van der Waals surface area contributed by atoms with Crippen LogP contribution in [-0.2, 0) is 6.61 Å². The Hall–Kier alpha value is -2.14. The van der Waals surface area contributed by atoms with E-state index in [9.17, 15) is 0 Å². The standard InChI is InChI=1S/C16H17N3OS/c1-2-9-17-15-13-8-10-21-16(13)19-14(18-15)11-20-12-6-4-3-5-7-12/h3-8,10H,2,9,11H2,1H3,(H,17,18,19). The first-order valence-corrected chi connectivity index (χ1v) is 7.90. The molecule has 0 spiro atoms. The van der Waals surface area contributed by atoms with Gasteiger partial charge in [-0.1, -0.05) is 25.1 Å². The minimum atomic E-state index is 0.374. The minimum absolute atomic E-state index is 0.374. The summed E-state index contributed by atoms with van der Waals surface area (Å²) in [6.07, 6.45) is 1.06. The third kappa shape index (κ3) is 3.31. The average molecular weight is 299 g/mol. The highest BCUT2D eigenvalue weighted by Crippen LogP contribution is 2.25. The van der Waals surface area contributed by atoms with Gasteiger partial charge in [-0.3, -0.25) is 0 Å². The number of nitrogens with zero attached hydrogens (tertiary/aromatic N) is 2. The molecular weight excluding hydrogens is 282 g/mol. The van der Waals surface area contributed by atoms with Crippen LogP contribution in [0, 0.1) is 0 Å². The van der Waals surface area contributed by atoms with Gasteiger partial charge >= 0.3 is 0 Å². The van der Waals surface area contributed by atoms with Crippen molar-refractivity contribution in [1.82, 2.24) is 9.97 Å². The number of rotatable bonds is 6. The smallest absolute Gasteiger partial charge is 0.169 e. The molecule has 0 aliphatic carbocycles. The Morgan fingerprint density at radius 1 is 1.14 bits per heavy atom. The van der Waals surface area contributed by atoms with Crippen molar-refractivity contribution in [2.24, 2.45) is 0 Å². The van der Waals surface area contributed by atoms with E-state index in [4.69, 9.17) is 4.74 Å². The minimum Gasteiger partial charge on any atom is -0.486 e. The van der Waals surface area contributed by atoms with E-state index < -0.39 is 0 Å². The molecule has 0 atom stereocenters. The first-order chi connectivity index (χ1) is 10.4. The van der Waals surface area contributed by atoms with Crippen molar-refractivity contribution in [2.75, 3.05) is 11.9 Å². The molecule has 0 radical (unpaired) electrons. The van der Waals surface area contributed by atoms with Crippen LogP contribution in [0.3, 0.4) is 0 Å². The van der Waals surface area contributed by atoms with Gasteiger partial charge in [0.15, 0.2) is 5.82 Å². The van der Waals surface area contributed by atoms with Crippen LogP contribution in [0.25, 0.3) is 10.2 Å². The molecule has 0 unspecified atom stereocenters. The van der Waals surface area contributed by atoms with Crippen molar-refractivity contribution in [3.63, 3.8) is 0 Å². The van der Waals surface area contributed by atoms with Crippen molar-refractivity contribution in [2.45, 2.75) is 20.0 Å². The molecule has 0 saturated carbocycles. The van der Waals surface area contributed by atoms with Crippen LogP contribution in [0.4, 0.5) is 5.82 Å². The lowest BCUT2D eigenvalue weighted by Crippen LogP contribution is -2.07. The molecule has 1 aromatic carbocycles. The molecule has 0 aliphatic rings. The van der Waals surface area contributed by atoms with E-state index in [1.54, 1.807) is 11.3 Å². The number of hydrogen-bond donors (Lipinski definition) is 1. The zero-order valence-electron chi connectivity index (χ0n) is 11.9. The molecule has 3 aromatic rings. The molecule has 2 aromatic heterocycles. The zero-order valence-corrected chi connectivity index (χ0v) is 12.7. The predicted octanol–water partition coefficient (Wildman–Crippen LogP) is 4.09. The summed E-state index contributed by atoms with van der Waals surface area (Å²) in [7, 11) is 0. The molecule has 0 bridgehead atoms. The summed E-state index contributed by atoms with van der Waals surface area (Å²) in [5.74, 6) is 2.43. The largest absolute Gasteiger partial charge is 0.486 e. The SMILES string of the molecule is CCCNc1nc(COc2ccccc2)nc2sccc12. The summed E-state index contributed by atoms with van der Waals surface area (Å²) < 4.78 is 5.73. The Kier molecular flexibility index (Phi) is 4.31. The van der Waals surface area contributed by atoms with E-state index in [0.717, 1.165) is 34.7 Å². The maximum Gasteiger partial charge on any atom is 0.169 e. The first-order valence-electron chi connectivity index (χ1n) is 7.02. The van der Waals surface area contributed by atoms with Crippen molar-refractivity contribution in [3.8, 4) is 5.75 Å². The van der Waals surface area contributed by atoms with Gasteiger partial charge in [-0.2, -0.15) is 0 Å². The Labute approximate surface area is 127 Å². The number of ether oxygens (including phenoxy) is 1. The Morgan fingerprint density at radius 2 is 2.00 bits per heavy atom.